The lowest BCUT2D eigenvalue weighted by atomic mass is 11.4. The van der Waals surface area contributed by atoms with Gasteiger partial charge in [0.05, 0.1) is 5.49 Å². The Labute approximate surface area is 37.2 Å². The van der Waals surface area contributed by atoms with E-state index in [0.717, 1.165) is 5.49 Å². The van der Waals surface area contributed by atoms with Crippen molar-refractivity contribution in [3.05, 3.63) is 0 Å². The van der Waals surface area contributed by atoms with E-state index in [1.807, 2.05) is 0 Å². The van der Waals surface area contributed by atoms with Crippen LogP contribution in [0.3, 0.4) is 0 Å². The fourth-order valence-electron chi connectivity index (χ4n) is 0. The van der Waals surface area contributed by atoms with E-state index in [2.05, 4.69) is 30.8 Å². The van der Waals surface area contributed by atoms with Crippen LogP contribution in [0.1, 0.15) is 0 Å². The molecule has 0 aliphatic rings. The highest BCUT2D eigenvalue weighted by Crippen LogP contribution is 1.16. The summed E-state index contributed by atoms with van der Waals surface area (Å²) >= 11 is 4.05. The molecule has 0 heterocycles. The van der Waals surface area contributed by atoms with Crippen LogP contribution in [-0.4, -0.2) is 5.49 Å². The van der Waals surface area contributed by atoms with Gasteiger partial charge < -0.3 is 5.73 Å². The second kappa shape index (κ2) is 102. The molecular weight excluding hydrogens is 82.1 g/mol. The predicted molar refractivity (Wildman–Crippen MR) is 27.7 cm³/mol. The van der Waals surface area contributed by atoms with Crippen LogP contribution in [0.15, 0.2) is 0 Å². The van der Waals surface area contributed by atoms with Gasteiger partial charge in [-0.25, -0.2) is 0 Å². The van der Waals surface area contributed by atoms with Gasteiger partial charge in [-0.2, -0.15) is 0 Å². The SMILES string of the molecule is C#C.NC=S. The maximum Gasteiger partial charge on any atom is 0.0588 e. The summed E-state index contributed by atoms with van der Waals surface area (Å²) in [7, 11) is 0. The van der Waals surface area contributed by atoms with Crippen molar-refractivity contribution in [3.63, 3.8) is 0 Å². The van der Waals surface area contributed by atoms with Crippen molar-refractivity contribution in [1.82, 2.24) is 0 Å². The lowest BCUT2D eigenvalue weighted by Crippen LogP contribution is -1.79. The summed E-state index contributed by atoms with van der Waals surface area (Å²) in [6.45, 7) is 0. The van der Waals surface area contributed by atoms with Crippen molar-refractivity contribution >= 4 is 17.7 Å². The van der Waals surface area contributed by atoms with Crippen LogP contribution in [0.5, 0.6) is 0 Å². The van der Waals surface area contributed by atoms with Crippen LogP contribution in [0.4, 0.5) is 0 Å². The first kappa shape index (κ1) is 8.82. The van der Waals surface area contributed by atoms with Crippen LogP contribution in [0, 0.1) is 12.8 Å². The molecule has 0 atom stereocenters. The molecule has 0 saturated heterocycles. The van der Waals surface area contributed by atoms with Gasteiger partial charge in [0.2, 0.25) is 0 Å². The maximum absolute atomic E-state index is 4.54. The summed E-state index contributed by atoms with van der Waals surface area (Å²) in [6.07, 6.45) is 8.00. The number of hydrogen-bond donors (Lipinski definition) is 1. The molecule has 0 aromatic rings. The fourth-order valence-corrected chi connectivity index (χ4v) is 0. The van der Waals surface area contributed by atoms with Crippen LogP contribution in [-0.2, 0) is 0 Å². The number of nitrogens with two attached hydrogens (primary N) is 1. The zero-order chi connectivity index (χ0) is 4.71. The van der Waals surface area contributed by atoms with Gasteiger partial charge in [-0.3, -0.25) is 0 Å². The van der Waals surface area contributed by atoms with E-state index in [1.165, 1.54) is 0 Å². The van der Waals surface area contributed by atoms with E-state index in [9.17, 15) is 0 Å². The highest BCUT2D eigenvalue weighted by molar-refractivity contribution is 7.78. The zero-order valence-electron chi connectivity index (χ0n) is 2.72. The van der Waals surface area contributed by atoms with Crippen molar-refractivity contribution in [1.29, 1.82) is 0 Å². The van der Waals surface area contributed by atoms with Gasteiger partial charge in [0, 0.05) is 0 Å². The second-order valence-electron chi connectivity index (χ2n) is 0.136. The Morgan fingerprint density at radius 3 is 1.60 bits per heavy atom. The van der Waals surface area contributed by atoms with Gasteiger partial charge in [-0.1, -0.05) is 12.2 Å². The molecule has 0 bridgehead atoms. The van der Waals surface area contributed by atoms with Crippen molar-refractivity contribution in [2.24, 2.45) is 5.73 Å². The van der Waals surface area contributed by atoms with Crippen LogP contribution in [0.25, 0.3) is 0 Å². The van der Waals surface area contributed by atoms with Gasteiger partial charge in [0.25, 0.3) is 0 Å². The van der Waals surface area contributed by atoms with Crippen molar-refractivity contribution in [2.75, 3.05) is 0 Å². The van der Waals surface area contributed by atoms with E-state index >= 15 is 0 Å². The first-order valence-corrected chi connectivity index (χ1v) is 1.37. The highest BCUT2D eigenvalue weighted by Gasteiger charge is 1.13. The summed E-state index contributed by atoms with van der Waals surface area (Å²) in [5, 5.41) is 0. The minimum Gasteiger partial charge on any atom is -0.396 e. The van der Waals surface area contributed by atoms with Gasteiger partial charge in [-0.05, 0) is 0 Å². The largest absolute Gasteiger partial charge is 0.396 e. The van der Waals surface area contributed by atoms with Crippen LogP contribution in [0.2, 0.25) is 0 Å². The molecule has 0 amide bonds. The Bertz CT molecular complexity index is 31.1. The molecule has 0 unspecified atom stereocenters. The minimum absolute atomic E-state index is 1.08. The van der Waals surface area contributed by atoms with Gasteiger partial charge in [-0.15, -0.1) is 12.8 Å². The molecule has 0 rings (SSSR count). The number of thiocarbonyl (C=S) groups is 1. The summed E-state index contributed by atoms with van der Waals surface area (Å²) in [4.78, 5) is 0. The van der Waals surface area contributed by atoms with E-state index in [1.54, 1.807) is 0 Å². The summed E-state index contributed by atoms with van der Waals surface area (Å²) in [5.41, 5.74) is 5.62. The van der Waals surface area contributed by atoms with E-state index in [-0.39, 0.29) is 0 Å². The maximum atomic E-state index is 4.54. The molecular formula is C3H5NS. The lowest BCUT2D eigenvalue weighted by molar-refractivity contribution is 1.93. The first-order chi connectivity index (χ1) is 2.41. The monoisotopic (exact) mass is 87.0 g/mol. The number of terminal acetylenes is 1. The third kappa shape index (κ3) is 24.0. The molecule has 0 saturated carbocycles. The van der Waals surface area contributed by atoms with E-state index in [0.29, 0.717) is 0 Å². The fraction of sp³-hybridized carbons (Fsp3) is 0. The predicted octanol–water partition coefficient (Wildman–Crippen LogP) is 0.152. The molecule has 0 aromatic heterocycles. The molecule has 0 aromatic carbocycles. The molecule has 0 aliphatic heterocycles. The first-order valence-electron chi connectivity index (χ1n) is 0.902. The molecule has 28 valence electrons. The Balaban J connectivity index is 0. The molecule has 0 fully saturated rings. The molecule has 0 radical (unpaired) electrons. The molecule has 2 heteroatoms. The Kier molecular flexibility index (Phi) is 180. The third-order valence-electron chi connectivity index (χ3n) is 0. The second-order valence-corrected chi connectivity index (χ2v) is 0.408. The number of hydrogen-bond acceptors (Lipinski definition) is 1. The molecule has 2 N–H and O–H groups in total. The number of rotatable bonds is 0. The van der Waals surface area contributed by atoms with Crippen molar-refractivity contribution in [2.45, 2.75) is 0 Å². The Morgan fingerprint density at radius 2 is 1.60 bits per heavy atom. The smallest absolute Gasteiger partial charge is 0.0588 e. The third-order valence-corrected chi connectivity index (χ3v) is 0. The van der Waals surface area contributed by atoms with Crippen LogP contribution < -0.4 is 5.73 Å². The topological polar surface area (TPSA) is 26.0 Å². The van der Waals surface area contributed by atoms with E-state index < -0.39 is 0 Å². The highest BCUT2D eigenvalue weighted by atomic mass is 32.1. The van der Waals surface area contributed by atoms with Crippen molar-refractivity contribution in [3.8, 4) is 12.8 Å². The molecule has 0 spiro atoms. The van der Waals surface area contributed by atoms with Crippen molar-refractivity contribution < 1.29 is 0 Å². The lowest BCUT2D eigenvalue weighted by Gasteiger charge is -1.36. The van der Waals surface area contributed by atoms with Crippen LogP contribution >= 0.6 is 12.2 Å². The quantitative estimate of drug-likeness (QED) is 0.336. The van der Waals surface area contributed by atoms with Gasteiger partial charge in [0.1, 0.15) is 0 Å². The average molecular weight is 87.1 g/mol. The summed E-state index contributed by atoms with van der Waals surface area (Å²) in [5.74, 6) is 0. The van der Waals surface area contributed by atoms with Gasteiger partial charge >= 0.3 is 0 Å². The minimum atomic E-state index is 1.08. The molecule has 1 nitrogen and oxygen atoms in total. The Hall–Kier alpha value is -0.550. The van der Waals surface area contributed by atoms with E-state index in [4.69, 9.17) is 0 Å². The zero-order valence-corrected chi connectivity index (χ0v) is 3.53. The molecule has 5 heavy (non-hydrogen) atoms. The average Bonchev–Trinajstić information content (AvgIpc) is 1.46. The Morgan fingerprint density at radius 1 is 1.60 bits per heavy atom. The van der Waals surface area contributed by atoms with Gasteiger partial charge in [0.15, 0.2) is 0 Å². The molecule has 0 aliphatic carbocycles. The standard InChI is InChI=1S/C2H2.CH3NS/c1-2;2-1-3/h1-2H;1H,(H2,2,3). The normalized spacial score (nSPS) is 2.80. The summed E-state index contributed by atoms with van der Waals surface area (Å²) in [6, 6.07) is 0. The summed E-state index contributed by atoms with van der Waals surface area (Å²) < 4.78 is 0.